The van der Waals surface area contributed by atoms with E-state index in [0.29, 0.717) is 54.2 Å². The predicted molar refractivity (Wildman–Crippen MR) is 218 cm³/mol. The predicted octanol–water partition coefficient (Wildman–Crippen LogP) is 6.29. The van der Waals surface area contributed by atoms with Gasteiger partial charge in [0.15, 0.2) is 6.23 Å². The van der Waals surface area contributed by atoms with Crippen LogP contribution in [0.4, 0.5) is 13.2 Å². The van der Waals surface area contributed by atoms with Crippen LogP contribution < -0.4 is 20.1 Å². The summed E-state index contributed by atoms with van der Waals surface area (Å²) in [7, 11) is 3.26. The molecule has 5 amide bonds. The summed E-state index contributed by atoms with van der Waals surface area (Å²) in [6.07, 6.45) is 4.46. The molecule has 2 unspecified atom stereocenters. The van der Waals surface area contributed by atoms with Gasteiger partial charge in [0.25, 0.3) is 11.8 Å². The van der Waals surface area contributed by atoms with Crippen LogP contribution in [0.1, 0.15) is 114 Å². The van der Waals surface area contributed by atoms with Crippen LogP contribution in [-0.4, -0.2) is 89.0 Å². The van der Waals surface area contributed by atoms with Crippen LogP contribution in [0.15, 0.2) is 60.8 Å². The lowest BCUT2D eigenvalue weighted by atomic mass is 9.81. The average Bonchev–Trinajstić information content (AvgIpc) is 3.48. The largest absolute Gasteiger partial charge is 0.495 e. The fraction of sp³-hybridized carbons (Fsp3) is 0.467. The second kappa shape index (κ2) is 20.2. The van der Waals surface area contributed by atoms with Crippen LogP contribution in [0.3, 0.4) is 0 Å². The summed E-state index contributed by atoms with van der Waals surface area (Å²) in [5, 5.41) is 16.0. The van der Waals surface area contributed by atoms with Gasteiger partial charge in [-0.2, -0.15) is 13.2 Å². The first-order valence-corrected chi connectivity index (χ1v) is 20.7. The molecule has 61 heavy (non-hydrogen) atoms. The molecule has 326 valence electrons. The number of piperidine rings is 1. The molecular weight excluding hydrogens is 796 g/mol. The number of allylic oxidation sites excluding steroid dienone is 1. The van der Waals surface area contributed by atoms with Gasteiger partial charge < -0.3 is 24.8 Å². The molecule has 2 aromatic carbocycles. The van der Waals surface area contributed by atoms with Crippen LogP contribution in [-0.2, 0) is 27.3 Å². The van der Waals surface area contributed by atoms with Crippen molar-refractivity contribution in [3.63, 3.8) is 0 Å². The zero-order chi connectivity index (χ0) is 43.7. The molecule has 1 saturated carbocycles. The topological polar surface area (TPSA) is 167 Å². The zero-order valence-electron chi connectivity index (χ0n) is 34.3. The second-order valence-corrected chi connectivity index (χ2v) is 15.9. The maximum Gasteiger partial charge on any atom is 0.391 e. The Hall–Kier alpha value is -5.77. The van der Waals surface area contributed by atoms with Crippen molar-refractivity contribution in [1.29, 1.82) is 0 Å². The lowest BCUT2D eigenvalue weighted by Crippen LogP contribution is -2.53. The number of nitrogens with one attached hydrogen (secondary N) is 2. The molecule has 3 aliphatic rings. The molecule has 3 aromatic rings. The number of likely N-dealkylation sites (N-methyl/N-ethyl adjacent to an activating group) is 1. The van der Waals surface area contributed by atoms with E-state index in [0.717, 1.165) is 41.7 Å². The summed E-state index contributed by atoms with van der Waals surface area (Å²) in [6.45, 7) is 1.21. The van der Waals surface area contributed by atoms with E-state index in [-0.39, 0.29) is 56.2 Å². The van der Waals surface area contributed by atoms with Crippen molar-refractivity contribution < 1.29 is 51.7 Å². The number of pyridine rings is 1. The van der Waals surface area contributed by atoms with E-state index in [1.54, 1.807) is 42.3 Å². The number of hydrogen-bond acceptors (Lipinski definition) is 9. The molecular formula is C45H52F3N5O8. The van der Waals surface area contributed by atoms with Gasteiger partial charge >= 0.3 is 6.18 Å². The first kappa shape index (κ1) is 44.8. The summed E-state index contributed by atoms with van der Waals surface area (Å²) in [6, 6.07) is 12.9. The summed E-state index contributed by atoms with van der Waals surface area (Å²) in [4.78, 5) is 70.0. The molecule has 13 nitrogen and oxygen atoms in total. The molecule has 3 heterocycles. The van der Waals surface area contributed by atoms with Gasteiger partial charge in [0.2, 0.25) is 17.7 Å². The van der Waals surface area contributed by atoms with Crippen LogP contribution in [0, 0.1) is 11.8 Å². The van der Waals surface area contributed by atoms with E-state index in [9.17, 15) is 42.3 Å². The van der Waals surface area contributed by atoms with Crippen molar-refractivity contribution >= 4 is 35.6 Å². The Morgan fingerprint density at radius 3 is 2.49 bits per heavy atom. The number of methoxy groups -OCH3 is 1. The average molecular weight is 848 g/mol. The number of nitrogens with zero attached hydrogens (tertiary/aromatic N) is 3. The quantitative estimate of drug-likeness (QED) is 0.104. The number of imide groups is 1. The summed E-state index contributed by atoms with van der Waals surface area (Å²) in [5.41, 5.74) is 3.05. The Balaban J connectivity index is 0.886. The molecule has 1 aliphatic carbocycles. The number of ether oxygens (including phenoxy) is 2. The van der Waals surface area contributed by atoms with Gasteiger partial charge in [-0.05, 0) is 86.3 Å². The summed E-state index contributed by atoms with van der Waals surface area (Å²) in [5.74, 6) is -2.22. The molecule has 3 N–H and O–H groups in total. The number of carbonyl (C=O) groups is 5. The number of aliphatic hydroxyl groups is 1. The van der Waals surface area contributed by atoms with Crippen LogP contribution in [0.25, 0.3) is 6.08 Å². The van der Waals surface area contributed by atoms with Crippen molar-refractivity contribution in [3.05, 3.63) is 94.3 Å². The van der Waals surface area contributed by atoms with Crippen molar-refractivity contribution in [2.45, 2.75) is 95.6 Å². The molecule has 1 saturated heterocycles. The Kier molecular flexibility index (Phi) is 14.8. The van der Waals surface area contributed by atoms with Crippen molar-refractivity contribution in [2.24, 2.45) is 11.8 Å². The third-order valence-corrected chi connectivity index (χ3v) is 11.6. The fourth-order valence-electron chi connectivity index (χ4n) is 8.01. The van der Waals surface area contributed by atoms with Crippen molar-refractivity contribution in [2.75, 3.05) is 27.3 Å². The van der Waals surface area contributed by atoms with Gasteiger partial charge in [0.05, 0.1) is 32.3 Å². The molecule has 16 heteroatoms. The number of carbonyl (C=O) groups excluding carboxylic acids is 5. The van der Waals surface area contributed by atoms with E-state index < -0.39 is 48.0 Å². The molecule has 0 bridgehead atoms. The number of benzene rings is 2. The van der Waals surface area contributed by atoms with Crippen LogP contribution >= 0.6 is 0 Å². The maximum absolute atomic E-state index is 13.1. The number of fused-ring (bicyclic) bond motifs is 1. The monoisotopic (exact) mass is 847 g/mol. The Bertz CT molecular complexity index is 2120. The van der Waals surface area contributed by atoms with E-state index in [4.69, 9.17) is 9.47 Å². The highest BCUT2D eigenvalue weighted by Crippen LogP contribution is 2.40. The number of hydrogen-bond donors (Lipinski definition) is 3. The van der Waals surface area contributed by atoms with Crippen LogP contribution in [0.2, 0.25) is 0 Å². The molecule has 0 spiro atoms. The van der Waals surface area contributed by atoms with Gasteiger partial charge in [-0.15, -0.1) is 0 Å². The summed E-state index contributed by atoms with van der Waals surface area (Å²) < 4.78 is 50.5. The van der Waals surface area contributed by atoms with Gasteiger partial charge in [-0.3, -0.25) is 34.2 Å². The third kappa shape index (κ3) is 11.5. The Morgan fingerprint density at radius 1 is 1.00 bits per heavy atom. The van der Waals surface area contributed by atoms with E-state index >= 15 is 0 Å². The normalized spacial score (nSPS) is 20.4. The third-order valence-electron chi connectivity index (χ3n) is 11.6. The van der Waals surface area contributed by atoms with E-state index in [1.807, 2.05) is 30.3 Å². The smallest absolute Gasteiger partial charge is 0.391 e. The minimum atomic E-state index is -4.16. The van der Waals surface area contributed by atoms with Crippen molar-refractivity contribution in [1.82, 2.24) is 25.4 Å². The number of unbranched alkanes of at least 4 members (excludes halogenated alkanes) is 3. The first-order chi connectivity index (χ1) is 29.2. The number of alkyl halides is 3. The van der Waals surface area contributed by atoms with E-state index in [1.165, 1.54) is 13.3 Å². The molecule has 2 aliphatic heterocycles. The van der Waals surface area contributed by atoms with Gasteiger partial charge in [0.1, 0.15) is 23.2 Å². The fourth-order valence-corrected chi connectivity index (χ4v) is 8.01. The van der Waals surface area contributed by atoms with Crippen LogP contribution in [0.5, 0.6) is 11.5 Å². The molecule has 2 atom stereocenters. The number of rotatable bonds is 17. The maximum atomic E-state index is 13.1. The molecule has 2 fully saturated rings. The second-order valence-electron chi connectivity index (χ2n) is 15.9. The highest BCUT2D eigenvalue weighted by atomic mass is 19.4. The lowest BCUT2D eigenvalue weighted by Gasteiger charge is -2.31. The highest BCUT2D eigenvalue weighted by molar-refractivity contribution is 6.05. The highest BCUT2D eigenvalue weighted by Gasteiger charge is 2.44. The van der Waals surface area contributed by atoms with Gasteiger partial charge in [0, 0.05) is 43.2 Å². The van der Waals surface area contributed by atoms with Gasteiger partial charge in [-0.1, -0.05) is 49.3 Å². The molecule has 0 radical (unpaired) electrons. The minimum Gasteiger partial charge on any atom is -0.495 e. The number of aromatic nitrogens is 1. The number of amides is 5. The number of halogens is 3. The number of aliphatic hydroxyl groups excluding tert-OH is 1. The minimum absolute atomic E-state index is 0.00751. The molecule has 1 aromatic heterocycles. The summed E-state index contributed by atoms with van der Waals surface area (Å²) >= 11 is 0. The van der Waals surface area contributed by atoms with E-state index in [2.05, 4.69) is 15.6 Å². The van der Waals surface area contributed by atoms with Crippen molar-refractivity contribution in [3.8, 4) is 11.5 Å². The standard InChI is InChI=1S/C45H52F3N5O8/c1-52(20-5-3-4-6-21-61-33-16-17-34-35(25-33)44(59)53(43(34)58)37-18-19-39(54)51-42(37)57)40(55)23-29-8-7-9-30(22-29)26-50-41(56)36-24-31(38(60-2)27-49-36)13-10-28-11-14-32(15-12-28)45(46,47)48/h7-10,13,16-17,22,24-25,27-28,32,37,44,59H,3-6,11-12,14-15,18-21,23,26H2,1-2H3,(H,50,56)(H,51,54,57)/b13-10+. The Labute approximate surface area is 352 Å². The lowest BCUT2D eigenvalue weighted by molar-refractivity contribution is -0.183. The first-order valence-electron chi connectivity index (χ1n) is 20.7. The van der Waals surface area contributed by atoms with Gasteiger partial charge in [-0.25, -0.2) is 4.98 Å². The zero-order valence-corrected chi connectivity index (χ0v) is 34.3. The SMILES string of the molecule is COc1cnc(C(=O)NCc2cccc(CC(=O)N(C)CCCCCCOc3ccc4c(c3)C(O)N(C3CCC(=O)NC3=O)C4=O)c2)cc1/C=C/C1CCC(C(F)(F)F)CC1. The molecule has 6 rings (SSSR count). The Morgan fingerprint density at radius 2 is 1.75 bits per heavy atom.